The molecule has 1 aromatic heterocycles. The van der Waals surface area contributed by atoms with Crippen LogP contribution in [-0.4, -0.2) is 21.6 Å². The Morgan fingerprint density at radius 3 is 3.15 bits per heavy atom. The van der Waals surface area contributed by atoms with Crippen molar-refractivity contribution in [2.75, 3.05) is 11.6 Å². The van der Waals surface area contributed by atoms with Crippen LogP contribution in [0.25, 0.3) is 0 Å². The third-order valence-corrected chi connectivity index (χ3v) is 2.24. The summed E-state index contributed by atoms with van der Waals surface area (Å²) in [6.45, 7) is 0. The molecule has 70 valence electrons. The Labute approximate surface area is 85.2 Å². The number of aromatic amines is 1. The first-order valence-electron chi connectivity index (χ1n) is 3.72. The summed E-state index contributed by atoms with van der Waals surface area (Å²) < 4.78 is 0. The third-order valence-electron chi connectivity index (χ3n) is 1.22. The van der Waals surface area contributed by atoms with Crippen molar-refractivity contribution in [3.63, 3.8) is 0 Å². The minimum Gasteiger partial charge on any atom is -0.301 e. The molecular weight excluding hydrogens is 208 g/mol. The zero-order valence-corrected chi connectivity index (χ0v) is 8.44. The summed E-state index contributed by atoms with van der Waals surface area (Å²) in [5, 5.41) is 0.631. The summed E-state index contributed by atoms with van der Waals surface area (Å²) >= 11 is 6.90. The summed E-state index contributed by atoms with van der Waals surface area (Å²) in [5.41, 5.74) is -0.126. The number of hydrogen-bond acceptors (Lipinski definition) is 3. The van der Waals surface area contributed by atoms with Gasteiger partial charge in [-0.1, -0.05) is 23.9 Å². The van der Waals surface area contributed by atoms with Crippen LogP contribution in [0.15, 0.2) is 34.4 Å². The lowest BCUT2D eigenvalue weighted by Gasteiger charge is -1.94. The van der Waals surface area contributed by atoms with E-state index in [1.54, 1.807) is 0 Å². The zero-order valence-electron chi connectivity index (χ0n) is 6.87. The Kier molecular flexibility index (Phi) is 4.64. The molecule has 0 aliphatic rings. The number of rotatable bonds is 4. The van der Waals surface area contributed by atoms with Crippen LogP contribution in [0.1, 0.15) is 0 Å². The van der Waals surface area contributed by atoms with Gasteiger partial charge >= 0.3 is 0 Å². The Bertz CT molecular complexity index is 337. The van der Waals surface area contributed by atoms with Crippen molar-refractivity contribution >= 4 is 23.4 Å². The lowest BCUT2D eigenvalue weighted by atomic mass is 10.6. The van der Waals surface area contributed by atoms with E-state index >= 15 is 0 Å². The molecule has 0 atom stereocenters. The monoisotopic (exact) mass is 216 g/mol. The summed E-state index contributed by atoms with van der Waals surface area (Å²) in [6.07, 6.45) is 5.28. The maximum absolute atomic E-state index is 10.8. The van der Waals surface area contributed by atoms with Crippen molar-refractivity contribution in [1.29, 1.82) is 0 Å². The second kappa shape index (κ2) is 5.83. The largest absolute Gasteiger partial charge is 0.301 e. The van der Waals surface area contributed by atoms with Crippen LogP contribution < -0.4 is 5.56 Å². The van der Waals surface area contributed by atoms with Gasteiger partial charge in [0.15, 0.2) is 5.16 Å². The van der Waals surface area contributed by atoms with Gasteiger partial charge < -0.3 is 4.98 Å². The molecule has 0 radical (unpaired) electrons. The lowest BCUT2D eigenvalue weighted by molar-refractivity contribution is 0.938. The maximum atomic E-state index is 10.8. The van der Waals surface area contributed by atoms with E-state index in [2.05, 4.69) is 9.97 Å². The average molecular weight is 217 g/mol. The van der Waals surface area contributed by atoms with Gasteiger partial charge in [-0.3, -0.25) is 4.79 Å². The van der Waals surface area contributed by atoms with Gasteiger partial charge in [0.25, 0.3) is 5.56 Å². The molecule has 0 amide bonds. The molecule has 3 nitrogen and oxygen atoms in total. The predicted molar refractivity (Wildman–Crippen MR) is 55.4 cm³/mol. The smallest absolute Gasteiger partial charge is 0.251 e. The van der Waals surface area contributed by atoms with Crippen molar-refractivity contribution in [3.8, 4) is 0 Å². The maximum Gasteiger partial charge on any atom is 0.251 e. The molecule has 0 bridgehead atoms. The molecule has 0 unspecified atom stereocenters. The van der Waals surface area contributed by atoms with Gasteiger partial charge in [0.2, 0.25) is 0 Å². The second-order valence-corrected chi connectivity index (χ2v) is 3.49. The number of halogens is 1. The fraction of sp³-hybridized carbons (Fsp3) is 0.250. The number of alkyl halides is 1. The summed E-state index contributed by atoms with van der Waals surface area (Å²) in [7, 11) is 0. The number of allylic oxidation sites excluding steroid dienone is 1. The molecule has 0 spiro atoms. The molecule has 0 aromatic carbocycles. The fourth-order valence-electron chi connectivity index (χ4n) is 0.683. The molecule has 1 rings (SSSR count). The van der Waals surface area contributed by atoms with Gasteiger partial charge in [0, 0.05) is 23.9 Å². The quantitative estimate of drug-likeness (QED) is 0.360. The summed E-state index contributed by atoms with van der Waals surface area (Å²) in [5.74, 6) is 1.28. The van der Waals surface area contributed by atoms with Crippen LogP contribution in [0.2, 0.25) is 0 Å². The van der Waals surface area contributed by atoms with E-state index in [4.69, 9.17) is 11.6 Å². The molecule has 1 heterocycles. The molecule has 0 aliphatic heterocycles. The lowest BCUT2D eigenvalue weighted by Crippen LogP contribution is -2.05. The predicted octanol–water partition coefficient (Wildman–Crippen LogP) is 1.66. The second-order valence-electron chi connectivity index (χ2n) is 2.18. The summed E-state index contributed by atoms with van der Waals surface area (Å²) in [4.78, 5) is 17.4. The number of hydrogen-bond donors (Lipinski definition) is 1. The summed E-state index contributed by atoms with van der Waals surface area (Å²) in [6, 6.07) is 1.39. The van der Waals surface area contributed by atoms with Crippen LogP contribution >= 0.6 is 23.4 Å². The van der Waals surface area contributed by atoms with Crippen LogP contribution in [0.4, 0.5) is 0 Å². The topological polar surface area (TPSA) is 45.8 Å². The first-order valence-corrected chi connectivity index (χ1v) is 5.24. The van der Waals surface area contributed by atoms with Crippen LogP contribution in [0.3, 0.4) is 0 Å². The highest BCUT2D eigenvalue weighted by atomic mass is 35.5. The van der Waals surface area contributed by atoms with Crippen LogP contribution in [-0.2, 0) is 0 Å². The molecule has 0 saturated heterocycles. The van der Waals surface area contributed by atoms with Gasteiger partial charge in [-0.15, -0.1) is 11.6 Å². The van der Waals surface area contributed by atoms with Gasteiger partial charge in [-0.2, -0.15) is 0 Å². The number of nitrogens with one attached hydrogen (secondary N) is 1. The zero-order chi connectivity index (χ0) is 9.52. The standard InChI is InChI=1S/C8H9ClN2OS/c9-4-1-2-6-13-8-10-5-3-7(12)11-8/h1-3,5H,4,6H2,(H,10,11,12). The van der Waals surface area contributed by atoms with E-state index in [0.717, 1.165) is 5.75 Å². The minimum absolute atomic E-state index is 0.126. The molecule has 1 aromatic rings. The highest BCUT2D eigenvalue weighted by Crippen LogP contribution is 2.09. The van der Waals surface area contributed by atoms with E-state index < -0.39 is 0 Å². The van der Waals surface area contributed by atoms with Crippen LogP contribution in [0.5, 0.6) is 0 Å². The number of H-pyrrole nitrogens is 1. The van der Waals surface area contributed by atoms with Crippen molar-refractivity contribution in [1.82, 2.24) is 9.97 Å². The Hall–Kier alpha value is -0.740. The molecule has 0 aliphatic carbocycles. The average Bonchev–Trinajstić information content (AvgIpc) is 2.13. The molecule has 13 heavy (non-hydrogen) atoms. The van der Waals surface area contributed by atoms with Crippen molar-refractivity contribution < 1.29 is 0 Å². The minimum atomic E-state index is -0.126. The molecular formula is C8H9ClN2OS. The van der Waals surface area contributed by atoms with E-state index in [-0.39, 0.29) is 5.56 Å². The highest BCUT2D eigenvalue weighted by molar-refractivity contribution is 7.99. The fourth-order valence-corrected chi connectivity index (χ4v) is 1.51. The number of nitrogens with zero attached hydrogens (tertiary/aromatic N) is 1. The van der Waals surface area contributed by atoms with Crippen LogP contribution in [0, 0.1) is 0 Å². The van der Waals surface area contributed by atoms with Gasteiger partial charge in [0.1, 0.15) is 0 Å². The van der Waals surface area contributed by atoms with Crippen molar-refractivity contribution in [2.45, 2.75) is 5.16 Å². The van der Waals surface area contributed by atoms with Gasteiger partial charge in [0.05, 0.1) is 0 Å². The number of aromatic nitrogens is 2. The first kappa shape index (κ1) is 10.3. The van der Waals surface area contributed by atoms with Crippen molar-refractivity contribution in [3.05, 3.63) is 34.8 Å². The molecule has 0 saturated carbocycles. The van der Waals surface area contributed by atoms with Crippen molar-refractivity contribution in [2.24, 2.45) is 0 Å². The first-order chi connectivity index (χ1) is 6.33. The SMILES string of the molecule is O=c1ccnc(SCC=CCCl)[nH]1. The normalized spacial score (nSPS) is 10.8. The van der Waals surface area contributed by atoms with E-state index in [1.807, 2.05) is 12.2 Å². The van der Waals surface area contributed by atoms with Gasteiger partial charge in [-0.05, 0) is 0 Å². The molecule has 0 fully saturated rings. The van der Waals surface area contributed by atoms with E-state index in [0.29, 0.717) is 11.0 Å². The van der Waals surface area contributed by atoms with Gasteiger partial charge in [-0.25, -0.2) is 4.98 Å². The Morgan fingerprint density at radius 1 is 1.62 bits per heavy atom. The molecule has 1 N–H and O–H groups in total. The van der Waals surface area contributed by atoms with E-state index in [1.165, 1.54) is 24.0 Å². The Morgan fingerprint density at radius 2 is 2.46 bits per heavy atom. The highest BCUT2D eigenvalue weighted by Gasteiger charge is 1.92. The number of thioether (sulfide) groups is 1. The van der Waals surface area contributed by atoms with E-state index in [9.17, 15) is 4.79 Å². The Balaban J connectivity index is 2.45. The molecule has 5 heteroatoms. The third kappa shape index (κ3) is 4.15.